The van der Waals surface area contributed by atoms with Crippen molar-refractivity contribution in [3.8, 4) is 16.9 Å². The highest BCUT2D eigenvalue weighted by atomic mass is 32.2. The predicted molar refractivity (Wildman–Crippen MR) is 115 cm³/mol. The van der Waals surface area contributed by atoms with E-state index < -0.39 is 0 Å². The SMILES string of the molecule is CSc1ccc(CNC(=O)C2=Cc3cc(-c4ccccc4)ccc3OC2)cc1. The molecule has 4 heteroatoms. The molecule has 3 nitrogen and oxygen atoms in total. The third-order valence-corrected chi connectivity index (χ3v) is 5.48. The van der Waals surface area contributed by atoms with Crippen LogP contribution in [0.1, 0.15) is 11.1 Å². The number of benzene rings is 3. The minimum Gasteiger partial charge on any atom is -0.488 e. The van der Waals surface area contributed by atoms with Gasteiger partial charge in [-0.05, 0) is 53.3 Å². The van der Waals surface area contributed by atoms with Gasteiger partial charge in [0.1, 0.15) is 12.4 Å². The smallest absolute Gasteiger partial charge is 0.250 e. The van der Waals surface area contributed by atoms with E-state index in [1.165, 1.54) is 4.90 Å². The van der Waals surface area contributed by atoms with E-state index in [2.05, 4.69) is 35.6 Å². The Morgan fingerprint density at radius 2 is 1.79 bits per heavy atom. The van der Waals surface area contributed by atoms with Crippen LogP contribution in [0.15, 0.2) is 83.3 Å². The van der Waals surface area contributed by atoms with E-state index in [4.69, 9.17) is 4.74 Å². The Morgan fingerprint density at radius 1 is 1.00 bits per heavy atom. The summed E-state index contributed by atoms with van der Waals surface area (Å²) in [5.74, 6) is 0.716. The number of ether oxygens (including phenoxy) is 1. The molecule has 0 spiro atoms. The normalized spacial score (nSPS) is 12.5. The predicted octanol–water partition coefficient (Wildman–Crippen LogP) is 5.17. The van der Waals surface area contributed by atoms with Gasteiger partial charge in [-0.2, -0.15) is 0 Å². The molecule has 0 fully saturated rings. The molecule has 1 aliphatic heterocycles. The van der Waals surface area contributed by atoms with Crippen molar-refractivity contribution < 1.29 is 9.53 Å². The molecule has 0 aliphatic carbocycles. The number of carbonyl (C=O) groups is 1. The standard InChI is InChI=1S/C24H21NO2S/c1-28-22-10-7-17(8-11-22)15-25-24(26)21-14-20-13-19(9-12-23(20)27-16-21)18-5-3-2-4-6-18/h2-14H,15-16H2,1H3,(H,25,26). The Labute approximate surface area is 169 Å². The second-order valence-corrected chi connectivity index (χ2v) is 7.49. The first-order valence-corrected chi connectivity index (χ1v) is 10.4. The number of amides is 1. The molecule has 28 heavy (non-hydrogen) atoms. The molecule has 0 bridgehead atoms. The summed E-state index contributed by atoms with van der Waals surface area (Å²) in [5, 5.41) is 2.99. The van der Waals surface area contributed by atoms with Crippen molar-refractivity contribution in [1.29, 1.82) is 0 Å². The van der Waals surface area contributed by atoms with Gasteiger partial charge in [0.2, 0.25) is 0 Å². The summed E-state index contributed by atoms with van der Waals surface area (Å²) < 4.78 is 5.80. The molecule has 3 aromatic rings. The van der Waals surface area contributed by atoms with Crippen LogP contribution in [0.5, 0.6) is 5.75 Å². The second kappa shape index (κ2) is 8.36. The van der Waals surface area contributed by atoms with Crippen LogP contribution in [0, 0.1) is 0 Å². The highest BCUT2D eigenvalue weighted by Gasteiger charge is 2.17. The highest BCUT2D eigenvalue weighted by molar-refractivity contribution is 7.98. The molecule has 0 radical (unpaired) electrons. The number of carbonyl (C=O) groups excluding carboxylic acids is 1. The zero-order chi connectivity index (χ0) is 19.3. The lowest BCUT2D eigenvalue weighted by Crippen LogP contribution is -2.28. The summed E-state index contributed by atoms with van der Waals surface area (Å²) >= 11 is 1.70. The summed E-state index contributed by atoms with van der Waals surface area (Å²) in [5.41, 5.74) is 4.90. The van der Waals surface area contributed by atoms with E-state index in [0.29, 0.717) is 12.1 Å². The van der Waals surface area contributed by atoms with Gasteiger partial charge < -0.3 is 10.1 Å². The monoisotopic (exact) mass is 387 g/mol. The molecule has 0 unspecified atom stereocenters. The molecule has 3 aromatic carbocycles. The number of nitrogens with one attached hydrogen (secondary N) is 1. The molecule has 1 N–H and O–H groups in total. The molecule has 1 amide bonds. The van der Waals surface area contributed by atoms with Crippen molar-refractivity contribution in [3.05, 3.63) is 89.5 Å². The van der Waals surface area contributed by atoms with Crippen LogP contribution in [0.25, 0.3) is 17.2 Å². The minimum absolute atomic E-state index is 0.0929. The molecule has 140 valence electrons. The van der Waals surface area contributed by atoms with Crippen LogP contribution in [-0.2, 0) is 11.3 Å². The Balaban J connectivity index is 1.48. The fourth-order valence-electron chi connectivity index (χ4n) is 3.16. The highest BCUT2D eigenvalue weighted by Crippen LogP contribution is 2.31. The molecule has 1 heterocycles. The zero-order valence-electron chi connectivity index (χ0n) is 15.6. The lowest BCUT2D eigenvalue weighted by atomic mass is 10.00. The fraction of sp³-hybridized carbons (Fsp3) is 0.125. The molecule has 0 aromatic heterocycles. The van der Waals surface area contributed by atoms with Gasteiger partial charge in [0, 0.05) is 17.0 Å². The molecular weight excluding hydrogens is 366 g/mol. The number of hydrogen-bond donors (Lipinski definition) is 1. The zero-order valence-corrected chi connectivity index (χ0v) is 16.5. The third kappa shape index (κ3) is 4.12. The van der Waals surface area contributed by atoms with Gasteiger partial charge in [-0.3, -0.25) is 4.79 Å². The van der Waals surface area contributed by atoms with E-state index in [1.807, 2.05) is 54.8 Å². The summed E-state index contributed by atoms with van der Waals surface area (Å²) in [6.07, 6.45) is 3.98. The van der Waals surface area contributed by atoms with E-state index in [9.17, 15) is 4.79 Å². The third-order valence-electron chi connectivity index (χ3n) is 4.73. The second-order valence-electron chi connectivity index (χ2n) is 6.61. The molecule has 0 saturated carbocycles. The van der Waals surface area contributed by atoms with Gasteiger partial charge in [0.25, 0.3) is 5.91 Å². The van der Waals surface area contributed by atoms with Crippen molar-refractivity contribution in [2.24, 2.45) is 0 Å². The topological polar surface area (TPSA) is 38.3 Å². The number of hydrogen-bond acceptors (Lipinski definition) is 3. The largest absolute Gasteiger partial charge is 0.488 e. The Bertz CT molecular complexity index is 1010. The maximum atomic E-state index is 12.6. The molecule has 1 aliphatic rings. The van der Waals surface area contributed by atoms with Crippen LogP contribution in [0.4, 0.5) is 0 Å². The van der Waals surface area contributed by atoms with Crippen LogP contribution in [-0.4, -0.2) is 18.8 Å². The maximum absolute atomic E-state index is 12.6. The van der Waals surface area contributed by atoms with E-state index in [-0.39, 0.29) is 12.5 Å². The molecular formula is C24H21NO2S. The van der Waals surface area contributed by atoms with Crippen LogP contribution < -0.4 is 10.1 Å². The molecule has 0 saturated heterocycles. The lowest BCUT2D eigenvalue weighted by molar-refractivity contribution is -0.117. The average Bonchev–Trinajstić information content (AvgIpc) is 2.77. The van der Waals surface area contributed by atoms with E-state index in [1.54, 1.807) is 11.8 Å². The Morgan fingerprint density at radius 3 is 2.54 bits per heavy atom. The Hall–Kier alpha value is -2.98. The Kier molecular flexibility index (Phi) is 5.49. The summed E-state index contributed by atoms with van der Waals surface area (Å²) in [6, 6.07) is 24.5. The fourth-order valence-corrected chi connectivity index (χ4v) is 3.57. The van der Waals surface area contributed by atoms with Crippen LogP contribution in [0.3, 0.4) is 0 Å². The first-order valence-electron chi connectivity index (χ1n) is 9.17. The summed E-state index contributed by atoms with van der Waals surface area (Å²) in [6.45, 7) is 0.788. The van der Waals surface area contributed by atoms with Gasteiger partial charge >= 0.3 is 0 Å². The lowest BCUT2D eigenvalue weighted by Gasteiger charge is -2.18. The van der Waals surface area contributed by atoms with E-state index >= 15 is 0 Å². The van der Waals surface area contributed by atoms with Crippen molar-refractivity contribution in [1.82, 2.24) is 5.32 Å². The average molecular weight is 388 g/mol. The van der Waals surface area contributed by atoms with E-state index in [0.717, 1.165) is 28.0 Å². The van der Waals surface area contributed by atoms with Crippen molar-refractivity contribution in [2.45, 2.75) is 11.4 Å². The first kappa shape index (κ1) is 18.4. The first-order chi connectivity index (χ1) is 13.7. The van der Waals surface area contributed by atoms with Gasteiger partial charge in [0.15, 0.2) is 0 Å². The molecule has 4 rings (SSSR count). The minimum atomic E-state index is -0.0929. The van der Waals surface area contributed by atoms with Crippen LogP contribution in [0.2, 0.25) is 0 Å². The van der Waals surface area contributed by atoms with Crippen molar-refractivity contribution in [3.63, 3.8) is 0 Å². The quantitative estimate of drug-likeness (QED) is 0.614. The van der Waals surface area contributed by atoms with Gasteiger partial charge in [-0.15, -0.1) is 11.8 Å². The number of thioether (sulfide) groups is 1. The maximum Gasteiger partial charge on any atom is 0.250 e. The van der Waals surface area contributed by atoms with Gasteiger partial charge in [-0.1, -0.05) is 48.5 Å². The summed E-state index contributed by atoms with van der Waals surface area (Å²) in [7, 11) is 0. The van der Waals surface area contributed by atoms with Crippen LogP contribution >= 0.6 is 11.8 Å². The number of fused-ring (bicyclic) bond motifs is 1. The van der Waals surface area contributed by atoms with Gasteiger partial charge in [-0.25, -0.2) is 0 Å². The van der Waals surface area contributed by atoms with Crippen molar-refractivity contribution in [2.75, 3.05) is 12.9 Å². The summed E-state index contributed by atoms with van der Waals surface area (Å²) in [4.78, 5) is 13.8. The number of rotatable bonds is 5. The molecule has 0 atom stereocenters. The van der Waals surface area contributed by atoms with Crippen molar-refractivity contribution >= 4 is 23.7 Å². The van der Waals surface area contributed by atoms with Gasteiger partial charge in [0.05, 0.1) is 5.57 Å².